The summed E-state index contributed by atoms with van der Waals surface area (Å²) in [6.07, 6.45) is 9.16. The molecular weight excluding hydrogens is 358 g/mol. The first-order chi connectivity index (χ1) is 13.0. The molecule has 3 N–H and O–H groups in total. The number of thiophene rings is 1. The second-order valence-electron chi connectivity index (χ2n) is 7.10. The highest BCUT2D eigenvalue weighted by Gasteiger charge is 2.25. The van der Waals surface area contributed by atoms with Crippen molar-refractivity contribution in [3.05, 3.63) is 40.5 Å². The van der Waals surface area contributed by atoms with E-state index in [0.717, 1.165) is 15.4 Å². The normalized spacial score (nSPS) is 14.9. The summed E-state index contributed by atoms with van der Waals surface area (Å²) in [5, 5.41) is 20.8. The molecule has 27 heavy (non-hydrogen) atoms. The third-order valence-corrected chi connectivity index (χ3v) is 5.73. The Labute approximate surface area is 163 Å². The summed E-state index contributed by atoms with van der Waals surface area (Å²) in [5.74, 6) is 5.18. The van der Waals surface area contributed by atoms with Gasteiger partial charge in [0.1, 0.15) is 0 Å². The quantitative estimate of drug-likeness (QED) is 0.549. The standard InChI is InChI=1S/C20H21N5OS.H2/c1-4-12-10-21-20(16-8-7-15(27-16)18(26)11(2)3)23-19(12)22-17-9-14(24-25-17)13-5-6-13;/h1,7-11,13,18,26H,5-6H2,2-3H3,(H2,21,22,23,24,25);1H/t18-;/m0./s1. The van der Waals surface area contributed by atoms with Crippen molar-refractivity contribution in [2.45, 2.75) is 38.7 Å². The Morgan fingerprint density at radius 3 is 2.93 bits per heavy atom. The van der Waals surface area contributed by atoms with E-state index < -0.39 is 6.10 Å². The van der Waals surface area contributed by atoms with Crippen LogP contribution in [0.3, 0.4) is 0 Å². The Morgan fingerprint density at radius 2 is 2.22 bits per heavy atom. The van der Waals surface area contributed by atoms with E-state index in [-0.39, 0.29) is 7.34 Å². The van der Waals surface area contributed by atoms with Crippen LogP contribution < -0.4 is 5.32 Å². The highest BCUT2D eigenvalue weighted by atomic mass is 32.1. The van der Waals surface area contributed by atoms with Crippen molar-refractivity contribution in [2.75, 3.05) is 5.32 Å². The molecule has 3 aromatic rings. The van der Waals surface area contributed by atoms with Crippen LogP contribution in [0.25, 0.3) is 10.7 Å². The number of anilines is 2. The molecule has 0 bridgehead atoms. The summed E-state index contributed by atoms with van der Waals surface area (Å²) in [6.45, 7) is 3.98. The monoisotopic (exact) mass is 381 g/mol. The van der Waals surface area contributed by atoms with E-state index in [0.29, 0.717) is 28.9 Å². The third-order valence-electron chi connectivity index (χ3n) is 4.58. The van der Waals surface area contributed by atoms with Gasteiger partial charge in [-0.3, -0.25) is 5.10 Å². The molecule has 0 unspecified atom stereocenters. The van der Waals surface area contributed by atoms with Gasteiger partial charge < -0.3 is 10.4 Å². The van der Waals surface area contributed by atoms with E-state index in [2.05, 4.69) is 31.4 Å². The topological polar surface area (TPSA) is 86.7 Å². The number of aromatic amines is 1. The maximum atomic E-state index is 10.3. The predicted octanol–water partition coefficient (Wildman–Crippen LogP) is 4.47. The molecule has 1 aliphatic rings. The average molecular weight is 382 g/mol. The van der Waals surface area contributed by atoms with Crippen LogP contribution in [-0.2, 0) is 0 Å². The minimum Gasteiger partial charge on any atom is -0.387 e. The molecule has 0 spiro atoms. The molecule has 6 nitrogen and oxygen atoms in total. The van der Waals surface area contributed by atoms with Crippen LogP contribution in [-0.4, -0.2) is 25.3 Å². The largest absolute Gasteiger partial charge is 0.387 e. The molecule has 140 valence electrons. The van der Waals surface area contributed by atoms with Crippen molar-refractivity contribution in [3.8, 4) is 23.0 Å². The molecular formula is C20H23N5OS. The second kappa shape index (κ2) is 7.14. The average Bonchev–Trinajstić information content (AvgIpc) is 3.21. The zero-order valence-corrected chi connectivity index (χ0v) is 16.0. The highest BCUT2D eigenvalue weighted by molar-refractivity contribution is 7.15. The molecule has 0 amide bonds. The molecule has 0 aromatic carbocycles. The van der Waals surface area contributed by atoms with Crippen molar-refractivity contribution in [1.29, 1.82) is 0 Å². The molecule has 7 heteroatoms. The molecule has 0 aliphatic heterocycles. The van der Waals surface area contributed by atoms with Crippen molar-refractivity contribution < 1.29 is 6.53 Å². The smallest absolute Gasteiger partial charge is 0.171 e. The van der Waals surface area contributed by atoms with E-state index in [9.17, 15) is 5.11 Å². The molecule has 0 radical (unpaired) electrons. The van der Waals surface area contributed by atoms with Crippen LogP contribution in [0.5, 0.6) is 0 Å². The SMILES string of the molecule is C#Cc1cnc(-c2ccc([C@@H](O)C(C)C)s2)nc1Nc1cc(C2CC2)[nH]n1.[HH]. The Kier molecular flexibility index (Phi) is 4.68. The van der Waals surface area contributed by atoms with Gasteiger partial charge in [-0.2, -0.15) is 5.10 Å². The lowest BCUT2D eigenvalue weighted by atomic mass is 10.1. The van der Waals surface area contributed by atoms with Gasteiger partial charge >= 0.3 is 0 Å². The number of terminal acetylenes is 1. The van der Waals surface area contributed by atoms with Crippen LogP contribution >= 0.6 is 11.3 Å². The van der Waals surface area contributed by atoms with Crippen molar-refractivity contribution >= 4 is 23.0 Å². The Hall–Kier alpha value is -2.69. The van der Waals surface area contributed by atoms with Gasteiger partial charge in [0.2, 0.25) is 0 Å². The first-order valence-corrected chi connectivity index (χ1v) is 9.81. The van der Waals surface area contributed by atoms with Crippen LogP contribution in [0.1, 0.15) is 56.3 Å². The fraction of sp³-hybridized carbons (Fsp3) is 0.350. The lowest BCUT2D eigenvalue weighted by molar-refractivity contribution is 0.130. The van der Waals surface area contributed by atoms with Gasteiger partial charge in [0.25, 0.3) is 0 Å². The molecule has 1 fully saturated rings. The fourth-order valence-corrected chi connectivity index (χ4v) is 3.90. The van der Waals surface area contributed by atoms with Crippen molar-refractivity contribution in [3.63, 3.8) is 0 Å². The summed E-state index contributed by atoms with van der Waals surface area (Å²) in [5.41, 5.74) is 1.72. The number of H-pyrrole nitrogens is 1. The summed E-state index contributed by atoms with van der Waals surface area (Å²) in [4.78, 5) is 10.8. The zero-order valence-electron chi connectivity index (χ0n) is 15.2. The number of hydrogen-bond donors (Lipinski definition) is 3. The number of aromatic nitrogens is 4. The van der Waals surface area contributed by atoms with E-state index >= 15 is 0 Å². The summed E-state index contributed by atoms with van der Waals surface area (Å²) in [6, 6.07) is 5.85. The predicted molar refractivity (Wildman–Crippen MR) is 109 cm³/mol. The number of rotatable bonds is 6. The van der Waals surface area contributed by atoms with Gasteiger partial charge in [-0.15, -0.1) is 17.8 Å². The molecule has 3 aromatic heterocycles. The molecule has 3 heterocycles. The van der Waals surface area contributed by atoms with E-state index in [1.807, 2.05) is 32.0 Å². The third kappa shape index (κ3) is 3.72. The van der Waals surface area contributed by atoms with Gasteiger partial charge in [-0.1, -0.05) is 19.8 Å². The lowest BCUT2D eigenvalue weighted by Gasteiger charge is -2.11. The van der Waals surface area contributed by atoms with Crippen LogP contribution in [0.2, 0.25) is 0 Å². The minimum atomic E-state index is -0.490. The first kappa shape index (κ1) is 17.7. The van der Waals surface area contributed by atoms with Crippen LogP contribution in [0.4, 0.5) is 11.6 Å². The van der Waals surface area contributed by atoms with Gasteiger partial charge in [-0.25, -0.2) is 9.97 Å². The Morgan fingerprint density at radius 1 is 1.41 bits per heavy atom. The maximum absolute atomic E-state index is 10.3. The zero-order chi connectivity index (χ0) is 19.0. The first-order valence-electron chi connectivity index (χ1n) is 8.99. The minimum absolute atomic E-state index is 0. The summed E-state index contributed by atoms with van der Waals surface area (Å²) >= 11 is 1.49. The Balaban J connectivity index is 0.00000225. The molecule has 1 aliphatic carbocycles. The van der Waals surface area contributed by atoms with Crippen molar-refractivity contribution in [1.82, 2.24) is 20.2 Å². The second-order valence-corrected chi connectivity index (χ2v) is 8.21. The van der Waals surface area contributed by atoms with Crippen molar-refractivity contribution in [2.24, 2.45) is 5.92 Å². The number of hydrogen-bond acceptors (Lipinski definition) is 6. The van der Waals surface area contributed by atoms with Gasteiger partial charge in [0.15, 0.2) is 17.5 Å². The van der Waals surface area contributed by atoms with Crippen LogP contribution in [0.15, 0.2) is 24.4 Å². The number of aliphatic hydroxyl groups excluding tert-OH is 1. The number of nitrogens with one attached hydrogen (secondary N) is 2. The molecule has 1 saturated carbocycles. The van der Waals surface area contributed by atoms with Crippen LogP contribution in [0, 0.1) is 18.3 Å². The summed E-state index contributed by atoms with van der Waals surface area (Å²) < 4.78 is 0. The molecule has 0 saturated heterocycles. The Bertz CT molecular complexity index is 1000. The number of nitrogens with zero attached hydrogens (tertiary/aromatic N) is 3. The fourth-order valence-electron chi connectivity index (χ4n) is 2.79. The van der Waals surface area contributed by atoms with Gasteiger partial charge in [0.05, 0.1) is 16.5 Å². The maximum Gasteiger partial charge on any atom is 0.171 e. The molecule has 4 rings (SSSR count). The molecule has 1 atom stereocenters. The highest BCUT2D eigenvalue weighted by Crippen LogP contribution is 2.40. The van der Waals surface area contributed by atoms with E-state index in [1.165, 1.54) is 24.2 Å². The van der Waals surface area contributed by atoms with Gasteiger partial charge in [0, 0.05) is 30.2 Å². The van der Waals surface area contributed by atoms with Gasteiger partial charge in [-0.05, 0) is 30.9 Å². The number of aliphatic hydroxyl groups is 1. The van der Waals surface area contributed by atoms with E-state index in [4.69, 9.17) is 6.42 Å². The lowest BCUT2D eigenvalue weighted by Crippen LogP contribution is -2.02. The summed E-state index contributed by atoms with van der Waals surface area (Å²) in [7, 11) is 0. The van der Waals surface area contributed by atoms with E-state index in [1.54, 1.807) is 6.20 Å².